The molecule has 0 heterocycles. The average Bonchev–Trinajstić information content (AvgIpc) is 2.01. The molecule has 1 saturated carbocycles. The highest BCUT2D eigenvalue weighted by Gasteiger charge is 2.25. The lowest BCUT2D eigenvalue weighted by molar-refractivity contribution is 0.186. The van der Waals surface area contributed by atoms with E-state index in [0.717, 1.165) is 12.0 Å². The van der Waals surface area contributed by atoms with Gasteiger partial charge in [-0.2, -0.15) is 0 Å². The summed E-state index contributed by atoms with van der Waals surface area (Å²) < 4.78 is 0. The molecule has 1 fully saturated rings. The predicted octanol–water partition coefficient (Wildman–Crippen LogP) is 3.59. The van der Waals surface area contributed by atoms with Gasteiger partial charge in [0, 0.05) is 6.04 Å². The molecule has 1 rings (SSSR count). The first-order chi connectivity index (χ1) is 6.54. The molecule has 0 aromatic heterocycles. The highest BCUT2D eigenvalue weighted by molar-refractivity contribution is 4.78. The van der Waals surface area contributed by atoms with Crippen LogP contribution in [0.1, 0.15) is 59.3 Å². The van der Waals surface area contributed by atoms with E-state index >= 15 is 0 Å². The Morgan fingerprint density at radius 3 is 1.79 bits per heavy atom. The molecule has 1 aliphatic carbocycles. The molecule has 0 amide bonds. The van der Waals surface area contributed by atoms with Gasteiger partial charge in [0.2, 0.25) is 0 Å². The summed E-state index contributed by atoms with van der Waals surface area (Å²) in [5.41, 5.74) is 0.520. The molecule has 0 unspecified atom stereocenters. The number of hydrogen-bond acceptors (Lipinski definition) is 1. The zero-order valence-corrected chi connectivity index (χ0v) is 10.4. The molecular formula is C13H27N. The van der Waals surface area contributed by atoms with E-state index in [1.807, 2.05) is 0 Å². The van der Waals surface area contributed by atoms with Crippen LogP contribution >= 0.6 is 0 Å². The maximum Gasteiger partial charge on any atom is 0.00640 e. The molecule has 1 heteroatoms. The van der Waals surface area contributed by atoms with E-state index in [4.69, 9.17) is 0 Å². The third kappa shape index (κ3) is 3.61. The minimum Gasteiger partial charge on any atom is -0.317 e. The lowest BCUT2D eigenvalue weighted by Crippen LogP contribution is -2.29. The van der Waals surface area contributed by atoms with Gasteiger partial charge in [-0.05, 0) is 44.1 Å². The maximum atomic E-state index is 3.43. The van der Waals surface area contributed by atoms with Crippen molar-refractivity contribution in [1.82, 2.24) is 5.32 Å². The highest BCUT2D eigenvalue weighted by Crippen LogP contribution is 2.35. The van der Waals surface area contributed by atoms with Gasteiger partial charge in [-0.3, -0.25) is 0 Å². The smallest absolute Gasteiger partial charge is 0.00640 e. The van der Waals surface area contributed by atoms with Crippen molar-refractivity contribution >= 4 is 0 Å². The molecule has 0 spiro atoms. The van der Waals surface area contributed by atoms with E-state index in [9.17, 15) is 0 Å². The highest BCUT2D eigenvalue weighted by atomic mass is 14.9. The molecule has 0 aromatic carbocycles. The Morgan fingerprint density at radius 2 is 1.43 bits per heavy atom. The zero-order valence-electron chi connectivity index (χ0n) is 10.4. The molecule has 1 aliphatic rings. The largest absolute Gasteiger partial charge is 0.317 e. The van der Waals surface area contributed by atoms with Gasteiger partial charge in [0.05, 0.1) is 0 Å². The second kappa shape index (κ2) is 5.16. The number of hydrogen-bond donors (Lipinski definition) is 1. The van der Waals surface area contributed by atoms with Crippen LogP contribution in [0.2, 0.25) is 0 Å². The van der Waals surface area contributed by atoms with E-state index in [2.05, 4.69) is 33.1 Å². The Balaban J connectivity index is 2.40. The minimum absolute atomic E-state index is 0.520. The van der Waals surface area contributed by atoms with Crippen molar-refractivity contribution in [2.45, 2.75) is 65.3 Å². The predicted molar refractivity (Wildman–Crippen MR) is 63.5 cm³/mol. The Labute approximate surface area is 89.7 Å². The van der Waals surface area contributed by atoms with Gasteiger partial charge >= 0.3 is 0 Å². The first-order valence-corrected chi connectivity index (χ1v) is 6.21. The van der Waals surface area contributed by atoms with Crippen molar-refractivity contribution in [3.63, 3.8) is 0 Å². The van der Waals surface area contributed by atoms with Crippen LogP contribution in [0.3, 0.4) is 0 Å². The van der Waals surface area contributed by atoms with Crippen molar-refractivity contribution in [2.75, 3.05) is 7.05 Å². The molecule has 1 nitrogen and oxygen atoms in total. The van der Waals surface area contributed by atoms with Gasteiger partial charge in [0.25, 0.3) is 0 Å². The first-order valence-electron chi connectivity index (χ1n) is 6.21. The molecule has 14 heavy (non-hydrogen) atoms. The second-order valence-corrected chi connectivity index (χ2v) is 5.91. The Hall–Kier alpha value is -0.0400. The normalized spacial score (nSPS) is 30.9. The number of rotatable bonds is 1. The van der Waals surface area contributed by atoms with Crippen LogP contribution in [0.25, 0.3) is 0 Å². The van der Waals surface area contributed by atoms with Crippen molar-refractivity contribution in [2.24, 2.45) is 11.3 Å². The molecule has 0 radical (unpaired) electrons. The fourth-order valence-electron chi connectivity index (χ4n) is 2.66. The fourth-order valence-corrected chi connectivity index (χ4v) is 2.66. The third-order valence-electron chi connectivity index (χ3n) is 3.84. The molecule has 0 aliphatic heterocycles. The van der Waals surface area contributed by atoms with Gasteiger partial charge in [-0.25, -0.2) is 0 Å². The van der Waals surface area contributed by atoms with Crippen LogP contribution < -0.4 is 5.32 Å². The van der Waals surface area contributed by atoms with E-state index in [1.54, 1.807) is 0 Å². The molecule has 0 aromatic rings. The molecule has 0 saturated heterocycles. The van der Waals surface area contributed by atoms with Crippen molar-refractivity contribution in [3.8, 4) is 0 Å². The summed E-state index contributed by atoms with van der Waals surface area (Å²) >= 11 is 0. The lowest BCUT2D eigenvalue weighted by atomic mass is 9.73. The van der Waals surface area contributed by atoms with Crippen molar-refractivity contribution < 1.29 is 0 Å². The summed E-state index contributed by atoms with van der Waals surface area (Å²) in [6.45, 7) is 7.19. The third-order valence-corrected chi connectivity index (χ3v) is 3.84. The van der Waals surface area contributed by atoms with Gasteiger partial charge < -0.3 is 5.32 Å². The summed E-state index contributed by atoms with van der Waals surface area (Å²) in [4.78, 5) is 0. The van der Waals surface area contributed by atoms with Crippen LogP contribution in [0, 0.1) is 11.3 Å². The Morgan fingerprint density at radius 1 is 0.929 bits per heavy atom. The summed E-state index contributed by atoms with van der Waals surface area (Å²) in [5, 5.41) is 3.43. The molecule has 84 valence electrons. The maximum absolute atomic E-state index is 3.43. The van der Waals surface area contributed by atoms with Crippen molar-refractivity contribution in [1.29, 1.82) is 0 Å². The fraction of sp³-hybridized carbons (Fsp3) is 1.00. The minimum atomic E-state index is 0.520. The van der Waals surface area contributed by atoms with E-state index < -0.39 is 0 Å². The van der Waals surface area contributed by atoms with E-state index in [-0.39, 0.29) is 0 Å². The monoisotopic (exact) mass is 197 g/mol. The van der Waals surface area contributed by atoms with Crippen LogP contribution in [-0.2, 0) is 0 Å². The van der Waals surface area contributed by atoms with Crippen LogP contribution in [-0.4, -0.2) is 13.1 Å². The Bertz CT molecular complexity index is 147. The van der Waals surface area contributed by atoms with Crippen LogP contribution in [0.4, 0.5) is 0 Å². The molecule has 1 N–H and O–H groups in total. The quantitative estimate of drug-likeness (QED) is 0.677. The average molecular weight is 197 g/mol. The zero-order chi connectivity index (χ0) is 10.6. The summed E-state index contributed by atoms with van der Waals surface area (Å²) in [6, 6.07) is 0.788. The van der Waals surface area contributed by atoms with Gasteiger partial charge in [0.15, 0.2) is 0 Å². The van der Waals surface area contributed by atoms with Gasteiger partial charge in [-0.15, -0.1) is 0 Å². The molecule has 0 atom stereocenters. The standard InChI is InChI=1S/C13H27N/c1-13(2,3)11-7-5-9-12(14-4)10-6-8-11/h11-12,14H,5-10H2,1-4H3. The molecule has 0 bridgehead atoms. The summed E-state index contributed by atoms with van der Waals surface area (Å²) in [5.74, 6) is 0.945. The first kappa shape index (κ1) is 12.0. The van der Waals surface area contributed by atoms with Crippen LogP contribution in [0.5, 0.6) is 0 Å². The molecular weight excluding hydrogens is 170 g/mol. The second-order valence-electron chi connectivity index (χ2n) is 5.91. The number of nitrogens with one attached hydrogen (secondary N) is 1. The van der Waals surface area contributed by atoms with Crippen LogP contribution in [0.15, 0.2) is 0 Å². The summed E-state index contributed by atoms with van der Waals surface area (Å²) in [7, 11) is 2.10. The van der Waals surface area contributed by atoms with Gasteiger partial charge in [0.1, 0.15) is 0 Å². The van der Waals surface area contributed by atoms with E-state index in [0.29, 0.717) is 5.41 Å². The van der Waals surface area contributed by atoms with Crippen molar-refractivity contribution in [3.05, 3.63) is 0 Å². The topological polar surface area (TPSA) is 12.0 Å². The lowest BCUT2D eigenvalue weighted by Gasteiger charge is -2.33. The van der Waals surface area contributed by atoms with E-state index in [1.165, 1.54) is 38.5 Å². The Kier molecular flexibility index (Phi) is 4.43. The summed E-state index contributed by atoms with van der Waals surface area (Å²) in [6.07, 6.45) is 8.44. The van der Waals surface area contributed by atoms with Gasteiger partial charge in [-0.1, -0.05) is 33.6 Å². The SMILES string of the molecule is CNC1CCCC(C(C)(C)C)CCC1.